The van der Waals surface area contributed by atoms with Gasteiger partial charge in [0, 0.05) is 23.9 Å². The Labute approximate surface area is 160 Å². The Morgan fingerprint density at radius 3 is 2.46 bits per heavy atom. The first-order valence-corrected chi connectivity index (χ1v) is 9.35. The maximum Gasteiger partial charge on any atom is 0.222 e. The third kappa shape index (κ3) is 3.59. The van der Waals surface area contributed by atoms with Crippen LogP contribution in [-0.2, 0) is 0 Å². The number of aromatic nitrogens is 3. The van der Waals surface area contributed by atoms with Crippen LogP contribution in [0.2, 0.25) is 5.28 Å². The molecule has 0 unspecified atom stereocenters. The van der Waals surface area contributed by atoms with Crippen molar-refractivity contribution in [3.8, 4) is 33.3 Å². The number of ether oxygens (including phenoxy) is 2. The zero-order valence-corrected chi connectivity index (χ0v) is 15.9. The van der Waals surface area contributed by atoms with E-state index in [4.69, 9.17) is 26.1 Å². The molecule has 6 nitrogen and oxygen atoms in total. The summed E-state index contributed by atoms with van der Waals surface area (Å²) in [5.74, 6) is 1.41. The number of halogens is 1. The van der Waals surface area contributed by atoms with Gasteiger partial charge in [0.25, 0.3) is 0 Å². The Bertz CT molecular complexity index is 920. The third-order valence-corrected chi connectivity index (χ3v) is 5.21. The van der Waals surface area contributed by atoms with Gasteiger partial charge in [0.15, 0.2) is 5.13 Å². The summed E-state index contributed by atoms with van der Waals surface area (Å²) in [6.45, 7) is 0. The van der Waals surface area contributed by atoms with E-state index >= 15 is 0 Å². The summed E-state index contributed by atoms with van der Waals surface area (Å²) in [6.07, 6.45) is 4.00. The van der Waals surface area contributed by atoms with E-state index in [9.17, 15) is 0 Å². The maximum absolute atomic E-state index is 6.00. The van der Waals surface area contributed by atoms with Crippen LogP contribution in [0.4, 0.5) is 5.13 Å². The summed E-state index contributed by atoms with van der Waals surface area (Å²) in [5.41, 5.74) is 2.44. The van der Waals surface area contributed by atoms with Gasteiger partial charge in [0.1, 0.15) is 11.5 Å². The van der Waals surface area contributed by atoms with E-state index in [0.29, 0.717) is 17.5 Å². The lowest BCUT2D eigenvalue weighted by atomic mass is 10.1. The Morgan fingerprint density at radius 2 is 1.85 bits per heavy atom. The molecule has 1 aromatic carbocycles. The number of anilines is 1. The molecule has 2 heterocycles. The second-order valence-corrected chi connectivity index (χ2v) is 7.26. The van der Waals surface area contributed by atoms with Gasteiger partial charge in [-0.3, -0.25) is 0 Å². The molecule has 0 saturated heterocycles. The lowest BCUT2D eigenvalue weighted by molar-refractivity contribution is 0.394. The van der Waals surface area contributed by atoms with Gasteiger partial charge in [0.2, 0.25) is 5.28 Å². The average molecular weight is 389 g/mol. The molecule has 0 spiro atoms. The van der Waals surface area contributed by atoms with Gasteiger partial charge in [-0.15, -0.1) is 0 Å². The zero-order chi connectivity index (χ0) is 18.1. The standard InChI is InChI=1S/C18H17ClN4O2S/c1-24-12-7-10(8-13(9-12)25-2)15-16(14-5-6-20-17(19)22-14)26-18(23-15)21-11-3-4-11/h5-9,11H,3-4H2,1-2H3,(H,21,23). The molecule has 134 valence electrons. The van der Waals surface area contributed by atoms with Crippen molar-refractivity contribution < 1.29 is 9.47 Å². The minimum absolute atomic E-state index is 0.210. The number of nitrogens with zero attached hydrogens (tertiary/aromatic N) is 3. The van der Waals surface area contributed by atoms with Crippen LogP contribution >= 0.6 is 22.9 Å². The lowest BCUT2D eigenvalue weighted by Crippen LogP contribution is -1.99. The quantitative estimate of drug-likeness (QED) is 0.626. The molecule has 1 saturated carbocycles. The number of hydrogen-bond acceptors (Lipinski definition) is 7. The number of nitrogens with one attached hydrogen (secondary N) is 1. The first-order valence-electron chi connectivity index (χ1n) is 8.16. The van der Waals surface area contributed by atoms with Crippen LogP contribution in [0.15, 0.2) is 30.5 Å². The maximum atomic E-state index is 6.00. The number of methoxy groups -OCH3 is 2. The molecule has 2 aromatic heterocycles. The number of hydrogen-bond donors (Lipinski definition) is 1. The highest BCUT2D eigenvalue weighted by molar-refractivity contribution is 7.19. The van der Waals surface area contributed by atoms with Crippen molar-refractivity contribution in [1.82, 2.24) is 15.0 Å². The fraction of sp³-hybridized carbons (Fsp3) is 0.278. The summed E-state index contributed by atoms with van der Waals surface area (Å²) in [4.78, 5) is 14.1. The monoisotopic (exact) mass is 388 g/mol. The summed E-state index contributed by atoms with van der Waals surface area (Å²) >= 11 is 7.55. The summed E-state index contributed by atoms with van der Waals surface area (Å²) in [6, 6.07) is 8.05. The Morgan fingerprint density at radius 1 is 1.12 bits per heavy atom. The smallest absolute Gasteiger partial charge is 0.222 e. The highest BCUT2D eigenvalue weighted by Gasteiger charge is 2.24. The molecule has 0 aliphatic heterocycles. The molecule has 3 aromatic rings. The van der Waals surface area contributed by atoms with E-state index in [1.165, 1.54) is 12.8 Å². The fourth-order valence-corrected chi connectivity index (χ4v) is 3.74. The van der Waals surface area contributed by atoms with E-state index in [-0.39, 0.29) is 5.28 Å². The molecule has 4 rings (SSSR count). The van der Waals surface area contributed by atoms with Crippen LogP contribution in [0.3, 0.4) is 0 Å². The second-order valence-electron chi connectivity index (χ2n) is 5.93. The molecular weight excluding hydrogens is 372 g/mol. The predicted molar refractivity (Wildman–Crippen MR) is 103 cm³/mol. The van der Waals surface area contributed by atoms with Crippen molar-refractivity contribution in [2.45, 2.75) is 18.9 Å². The molecule has 1 aliphatic rings. The summed E-state index contributed by atoms with van der Waals surface area (Å²) in [7, 11) is 3.26. The minimum atomic E-state index is 0.210. The van der Waals surface area contributed by atoms with Crippen LogP contribution in [0, 0.1) is 0 Å². The molecule has 0 amide bonds. The van der Waals surface area contributed by atoms with E-state index < -0.39 is 0 Å². The molecule has 1 fully saturated rings. The van der Waals surface area contributed by atoms with Crippen molar-refractivity contribution in [3.63, 3.8) is 0 Å². The van der Waals surface area contributed by atoms with E-state index in [0.717, 1.165) is 27.0 Å². The average Bonchev–Trinajstić information content (AvgIpc) is 3.37. The molecule has 0 atom stereocenters. The first kappa shape index (κ1) is 17.1. The SMILES string of the molecule is COc1cc(OC)cc(-c2nc(NC3CC3)sc2-c2ccnc(Cl)n2)c1. The molecule has 1 N–H and O–H groups in total. The Kier molecular flexibility index (Phi) is 4.65. The topological polar surface area (TPSA) is 69.2 Å². The van der Waals surface area contributed by atoms with Crippen molar-refractivity contribution in [3.05, 3.63) is 35.7 Å². The van der Waals surface area contributed by atoms with Crippen molar-refractivity contribution in [1.29, 1.82) is 0 Å². The van der Waals surface area contributed by atoms with E-state index in [2.05, 4.69) is 15.3 Å². The Balaban J connectivity index is 1.84. The number of benzene rings is 1. The predicted octanol–water partition coefficient (Wildman–Crippen LogP) is 4.51. The fourth-order valence-electron chi connectivity index (χ4n) is 2.56. The van der Waals surface area contributed by atoms with Gasteiger partial charge >= 0.3 is 0 Å². The van der Waals surface area contributed by atoms with Crippen molar-refractivity contribution in [2.24, 2.45) is 0 Å². The minimum Gasteiger partial charge on any atom is -0.497 e. The Hall–Kier alpha value is -2.38. The third-order valence-electron chi connectivity index (χ3n) is 4.02. The molecule has 26 heavy (non-hydrogen) atoms. The van der Waals surface area contributed by atoms with Gasteiger partial charge in [-0.05, 0) is 42.6 Å². The summed E-state index contributed by atoms with van der Waals surface area (Å²) in [5, 5.41) is 4.54. The molecule has 0 radical (unpaired) electrons. The highest BCUT2D eigenvalue weighted by Crippen LogP contribution is 2.41. The molecule has 8 heteroatoms. The zero-order valence-electron chi connectivity index (χ0n) is 14.3. The second kappa shape index (κ2) is 7.09. The normalized spacial score (nSPS) is 13.5. The van der Waals surface area contributed by atoms with Crippen LogP contribution < -0.4 is 14.8 Å². The first-order chi connectivity index (χ1) is 12.7. The van der Waals surface area contributed by atoms with Crippen LogP contribution in [0.25, 0.3) is 21.8 Å². The van der Waals surface area contributed by atoms with Crippen LogP contribution in [0.5, 0.6) is 11.5 Å². The van der Waals surface area contributed by atoms with E-state index in [1.54, 1.807) is 31.8 Å². The largest absolute Gasteiger partial charge is 0.497 e. The van der Waals surface area contributed by atoms with Crippen molar-refractivity contribution >= 4 is 28.1 Å². The molecule has 0 bridgehead atoms. The van der Waals surface area contributed by atoms with Crippen molar-refractivity contribution in [2.75, 3.05) is 19.5 Å². The van der Waals surface area contributed by atoms with Gasteiger partial charge in [-0.1, -0.05) is 11.3 Å². The van der Waals surface area contributed by atoms with Gasteiger partial charge in [-0.25, -0.2) is 15.0 Å². The van der Waals surface area contributed by atoms with Gasteiger partial charge in [0.05, 0.1) is 30.5 Å². The van der Waals surface area contributed by atoms with Crippen LogP contribution in [0.1, 0.15) is 12.8 Å². The van der Waals surface area contributed by atoms with Gasteiger partial charge < -0.3 is 14.8 Å². The lowest BCUT2D eigenvalue weighted by Gasteiger charge is -2.08. The highest BCUT2D eigenvalue weighted by atomic mass is 35.5. The number of rotatable bonds is 6. The van der Waals surface area contributed by atoms with Gasteiger partial charge in [-0.2, -0.15) is 0 Å². The molecule has 1 aliphatic carbocycles. The summed E-state index contributed by atoms with van der Waals surface area (Å²) < 4.78 is 10.8. The van der Waals surface area contributed by atoms with Crippen LogP contribution in [-0.4, -0.2) is 35.2 Å². The molecular formula is C18H17ClN4O2S. The number of thiazole rings is 1. The van der Waals surface area contributed by atoms with E-state index in [1.807, 2.05) is 24.3 Å².